The summed E-state index contributed by atoms with van der Waals surface area (Å²) >= 11 is 0. The van der Waals surface area contributed by atoms with Gasteiger partial charge in [-0.1, -0.05) is 6.92 Å². The number of aryl methyl sites for hydroxylation is 1. The van der Waals surface area contributed by atoms with Gasteiger partial charge in [-0.25, -0.2) is 4.98 Å². The van der Waals surface area contributed by atoms with Crippen LogP contribution in [-0.4, -0.2) is 17.0 Å². The van der Waals surface area contributed by atoms with E-state index in [1.807, 2.05) is 6.92 Å². The molecule has 0 radical (unpaired) electrons. The number of nitro benzene ring substituents is 1. The largest absolute Gasteiger partial charge is 0.496 e. The van der Waals surface area contributed by atoms with Crippen LogP contribution in [0.3, 0.4) is 0 Å². The fourth-order valence-corrected chi connectivity index (χ4v) is 1.70. The van der Waals surface area contributed by atoms with Crippen LogP contribution in [0.1, 0.15) is 18.6 Å². The Morgan fingerprint density at radius 1 is 1.50 bits per heavy atom. The lowest BCUT2D eigenvalue weighted by atomic mass is 10.2. The molecular formula is C13H15N3O4. The highest BCUT2D eigenvalue weighted by Gasteiger charge is 2.15. The first-order valence-corrected chi connectivity index (χ1v) is 6.14. The van der Waals surface area contributed by atoms with E-state index in [2.05, 4.69) is 10.3 Å². The van der Waals surface area contributed by atoms with E-state index in [0.717, 1.165) is 12.2 Å². The van der Waals surface area contributed by atoms with Crippen molar-refractivity contribution in [2.75, 3.05) is 12.4 Å². The number of nitro groups is 1. The number of anilines is 1. The maximum Gasteiger partial charge on any atom is 0.296 e. The number of rotatable bonds is 6. The van der Waals surface area contributed by atoms with Gasteiger partial charge in [0.2, 0.25) is 5.89 Å². The molecule has 0 aliphatic carbocycles. The maximum atomic E-state index is 11.0. The molecule has 1 N–H and O–H groups in total. The van der Waals surface area contributed by atoms with Crippen LogP contribution in [-0.2, 0) is 13.0 Å². The second-order valence-corrected chi connectivity index (χ2v) is 4.07. The van der Waals surface area contributed by atoms with Crippen molar-refractivity contribution in [2.45, 2.75) is 19.9 Å². The lowest BCUT2D eigenvalue weighted by Crippen LogP contribution is -2.03. The van der Waals surface area contributed by atoms with Crippen molar-refractivity contribution >= 4 is 11.4 Å². The average molecular weight is 277 g/mol. The number of hydrogen-bond acceptors (Lipinski definition) is 6. The molecular weight excluding hydrogens is 262 g/mol. The standard InChI is InChI=1S/C13H15N3O4/c1-3-9-7-15-13(20-9)8-14-11-5-4-10(19-2)6-12(11)16(17)18/h4-7,14H,3,8H2,1-2H3. The van der Waals surface area contributed by atoms with Crippen LogP contribution in [0.4, 0.5) is 11.4 Å². The third kappa shape index (κ3) is 3.05. The Bertz CT molecular complexity index is 609. The number of benzene rings is 1. The second kappa shape index (κ2) is 6.05. The molecule has 7 nitrogen and oxygen atoms in total. The van der Waals surface area contributed by atoms with Gasteiger partial charge >= 0.3 is 0 Å². The Morgan fingerprint density at radius 3 is 2.90 bits per heavy atom. The van der Waals surface area contributed by atoms with Crippen LogP contribution in [0.25, 0.3) is 0 Å². The fourth-order valence-electron chi connectivity index (χ4n) is 1.70. The van der Waals surface area contributed by atoms with Crippen LogP contribution < -0.4 is 10.1 Å². The molecule has 2 rings (SSSR count). The number of ether oxygens (including phenoxy) is 1. The minimum Gasteiger partial charge on any atom is -0.496 e. The van der Waals surface area contributed by atoms with E-state index in [0.29, 0.717) is 17.3 Å². The van der Waals surface area contributed by atoms with Gasteiger partial charge in [-0.3, -0.25) is 10.1 Å². The predicted octanol–water partition coefficient (Wildman–Crippen LogP) is 2.77. The van der Waals surface area contributed by atoms with Gasteiger partial charge in [-0.05, 0) is 12.1 Å². The molecule has 0 amide bonds. The van der Waals surface area contributed by atoms with E-state index in [1.54, 1.807) is 18.3 Å². The number of hydrogen-bond donors (Lipinski definition) is 1. The minimum atomic E-state index is -0.460. The third-order valence-corrected chi connectivity index (χ3v) is 2.78. The summed E-state index contributed by atoms with van der Waals surface area (Å²) in [4.78, 5) is 14.6. The highest BCUT2D eigenvalue weighted by Crippen LogP contribution is 2.29. The Labute approximate surface area is 115 Å². The molecule has 0 bridgehead atoms. The SMILES string of the molecule is CCc1cnc(CNc2ccc(OC)cc2[N+](=O)[O-])o1. The summed E-state index contributed by atoms with van der Waals surface area (Å²) in [6, 6.07) is 4.62. The molecule has 1 heterocycles. The molecule has 0 saturated heterocycles. The molecule has 0 fully saturated rings. The molecule has 0 spiro atoms. The second-order valence-electron chi connectivity index (χ2n) is 4.07. The summed E-state index contributed by atoms with van der Waals surface area (Å²) in [5, 5.41) is 14.0. The van der Waals surface area contributed by atoms with Crippen LogP contribution in [0, 0.1) is 10.1 Å². The molecule has 0 saturated carbocycles. The van der Waals surface area contributed by atoms with Crippen LogP contribution in [0.5, 0.6) is 5.75 Å². The summed E-state index contributed by atoms with van der Waals surface area (Å²) in [6.07, 6.45) is 2.41. The molecule has 106 valence electrons. The van der Waals surface area contributed by atoms with Crippen molar-refractivity contribution in [2.24, 2.45) is 0 Å². The summed E-state index contributed by atoms with van der Waals surface area (Å²) in [6.45, 7) is 2.25. The zero-order valence-electron chi connectivity index (χ0n) is 11.3. The van der Waals surface area contributed by atoms with Crippen molar-refractivity contribution in [3.8, 4) is 5.75 Å². The Kier molecular flexibility index (Phi) is 4.19. The van der Waals surface area contributed by atoms with E-state index in [1.165, 1.54) is 13.2 Å². The van der Waals surface area contributed by atoms with Gasteiger partial charge in [0, 0.05) is 6.42 Å². The van der Waals surface area contributed by atoms with E-state index in [4.69, 9.17) is 9.15 Å². The lowest BCUT2D eigenvalue weighted by molar-refractivity contribution is -0.384. The van der Waals surface area contributed by atoms with Gasteiger partial charge in [0.25, 0.3) is 5.69 Å². The Morgan fingerprint density at radius 2 is 2.30 bits per heavy atom. The van der Waals surface area contributed by atoms with Crippen LogP contribution in [0.2, 0.25) is 0 Å². The van der Waals surface area contributed by atoms with Crippen molar-refractivity contribution in [3.05, 3.63) is 46.2 Å². The average Bonchev–Trinajstić information content (AvgIpc) is 2.92. The van der Waals surface area contributed by atoms with Crippen LogP contribution >= 0.6 is 0 Å². The van der Waals surface area contributed by atoms with E-state index in [9.17, 15) is 10.1 Å². The molecule has 0 unspecified atom stereocenters. The van der Waals surface area contributed by atoms with Gasteiger partial charge in [-0.15, -0.1) is 0 Å². The molecule has 7 heteroatoms. The first kappa shape index (κ1) is 13.9. The third-order valence-electron chi connectivity index (χ3n) is 2.78. The van der Waals surface area contributed by atoms with Gasteiger partial charge in [0.05, 0.1) is 30.8 Å². The Balaban J connectivity index is 2.14. The first-order valence-electron chi connectivity index (χ1n) is 6.14. The van der Waals surface area contributed by atoms with Crippen molar-refractivity contribution in [1.82, 2.24) is 4.98 Å². The first-order chi connectivity index (χ1) is 9.63. The van der Waals surface area contributed by atoms with E-state index >= 15 is 0 Å². The highest BCUT2D eigenvalue weighted by atomic mass is 16.6. The summed E-state index contributed by atoms with van der Waals surface area (Å²) in [5.74, 6) is 1.71. The molecule has 20 heavy (non-hydrogen) atoms. The zero-order chi connectivity index (χ0) is 14.5. The predicted molar refractivity (Wildman–Crippen MR) is 72.9 cm³/mol. The summed E-state index contributed by atoms with van der Waals surface area (Å²) in [7, 11) is 1.46. The van der Waals surface area contributed by atoms with Crippen molar-refractivity contribution < 1.29 is 14.1 Å². The zero-order valence-corrected chi connectivity index (χ0v) is 11.3. The molecule has 0 aliphatic rings. The van der Waals surface area contributed by atoms with Crippen molar-refractivity contribution in [1.29, 1.82) is 0 Å². The summed E-state index contributed by atoms with van der Waals surface area (Å²) < 4.78 is 10.4. The summed E-state index contributed by atoms with van der Waals surface area (Å²) in [5.41, 5.74) is 0.346. The molecule has 0 aliphatic heterocycles. The monoisotopic (exact) mass is 277 g/mol. The molecule has 0 atom stereocenters. The molecule has 1 aromatic carbocycles. The number of nitrogens with one attached hydrogen (secondary N) is 1. The van der Waals surface area contributed by atoms with Gasteiger partial charge < -0.3 is 14.5 Å². The number of oxazole rings is 1. The number of methoxy groups -OCH3 is 1. The van der Waals surface area contributed by atoms with Crippen molar-refractivity contribution in [3.63, 3.8) is 0 Å². The molecule has 1 aromatic heterocycles. The lowest BCUT2D eigenvalue weighted by Gasteiger charge is -2.06. The molecule has 2 aromatic rings. The van der Waals surface area contributed by atoms with E-state index in [-0.39, 0.29) is 12.2 Å². The minimum absolute atomic E-state index is 0.0494. The normalized spacial score (nSPS) is 10.3. The fraction of sp³-hybridized carbons (Fsp3) is 0.308. The van der Waals surface area contributed by atoms with Gasteiger partial charge in [0.1, 0.15) is 17.2 Å². The smallest absolute Gasteiger partial charge is 0.296 e. The number of aromatic nitrogens is 1. The van der Waals surface area contributed by atoms with Crippen LogP contribution in [0.15, 0.2) is 28.8 Å². The van der Waals surface area contributed by atoms with Gasteiger partial charge in [-0.2, -0.15) is 0 Å². The maximum absolute atomic E-state index is 11.0. The number of nitrogens with zero attached hydrogens (tertiary/aromatic N) is 2. The Hall–Kier alpha value is -2.57. The topological polar surface area (TPSA) is 90.4 Å². The quantitative estimate of drug-likeness (QED) is 0.645. The van der Waals surface area contributed by atoms with E-state index < -0.39 is 4.92 Å². The highest BCUT2D eigenvalue weighted by molar-refractivity contribution is 5.63. The van der Waals surface area contributed by atoms with Gasteiger partial charge in [0.15, 0.2) is 0 Å².